The Hall–Kier alpha value is -0.610. The van der Waals surface area contributed by atoms with Crippen molar-refractivity contribution >= 4 is 39.1 Å². The highest BCUT2D eigenvalue weighted by molar-refractivity contribution is 9.10. The van der Waals surface area contributed by atoms with Gasteiger partial charge in [-0.2, -0.15) is 0 Å². The lowest BCUT2D eigenvalue weighted by Gasteiger charge is -2.09. The lowest BCUT2D eigenvalue weighted by molar-refractivity contribution is 0.631. The number of hydrogen-bond donors (Lipinski definition) is 1. The molecule has 2 aromatic rings. The molecule has 19 heavy (non-hydrogen) atoms. The smallest absolute Gasteiger partial charge is 0.150 e. The number of rotatable bonds is 3. The van der Waals surface area contributed by atoms with E-state index in [1.165, 1.54) is 0 Å². The minimum atomic E-state index is -0.450. The van der Waals surface area contributed by atoms with Gasteiger partial charge in [0, 0.05) is 21.6 Å². The zero-order chi connectivity index (χ0) is 14.0. The van der Waals surface area contributed by atoms with Crippen LogP contribution in [0.4, 0.5) is 4.39 Å². The van der Waals surface area contributed by atoms with Crippen molar-refractivity contribution in [3.63, 3.8) is 0 Å². The molecule has 2 rings (SSSR count). The van der Waals surface area contributed by atoms with Crippen molar-refractivity contribution < 1.29 is 4.39 Å². The van der Waals surface area contributed by atoms with Crippen LogP contribution in [0.5, 0.6) is 0 Å². The Morgan fingerprint density at radius 3 is 2.58 bits per heavy atom. The van der Waals surface area contributed by atoms with E-state index in [4.69, 9.17) is 23.2 Å². The van der Waals surface area contributed by atoms with Gasteiger partial charge in [-0.15, -0.1) is 0 Å². The van der Waals surface area contributed by atoms with Crippen molar-refractivity contribution in [2.24, 2.45) is 0 Å². The molecule has 0 aliphatic heterocycles. The van der Waals surface area contributed by atoms with Crippen LogP contribution < -0.4 is 5.32 Å². The maximum atomic E-state index is 14.1. The van der Waals surface area contributed by atoms with Crippen LogP contribution >= 0.6 is 39.1 Å². The van der Waals surface area contributed by atoms with Gasteiger partial charge >= 0.3 is 0 Å². The summed E-state index contributed by atoms with van der Waals surface area (Å²) in [6.45, 7) is 0.669. The van der Waals surface area contributed by atoms with Crippen LogP contribution in [0.25, 0.3) is 11.1 Å². The van der Waals surface area contributed by atoms with Crippen LogP contribution in [0.3, 0.4) is 0 Å². The molecular formula is C14H11BrCl2FN. The molecule has 1 N–H and O–H groups in total. The third-order valence-corrected chi connectivity index (χ3v) is 4.38. The Bertz CT molecular complexity index is 617. The molecule has 1 nitrogen and oxygen atoms in total. The summed E-state index contributed by atoms with van der Waals surface area (Å²) in [5, 5.41) is 3.71. The van der Waals surface area contributed by atoms with Gasteiger partial charge in [0.1, 0.15) is 0 Å². The molecular weight excluding hydrogens is 352 g/mol. The predicted octanol–water partition coefficient (Wildman–Crippen LogP) is 5.28. The fourth-order valence-electron chi connectivity index (χ4n) is 1.80. The Kier molecular flexibility index (Phi) is 4.85. The Morgan fingerprint density at radius 1 is 1.21 bits per heavy atom. The van der Waals surface area contributed by atoms with Gasteiger partial charge in [0.15, 0.2) is 5.82 Å². The molecule has 100 valence electrons. The van der Waals surface area contributed by atoms with Crippen molar-refractivity contribution in [1.29, 1.82) is 0 Å². The minimum Gasteiger partial charge on any atom is -0.316 e. The third-order valence-electron chi connectivity index (χ3n) is 2.77. The summed E-state index contributed by atoms with van der Waals surface area (Å²) in [5.74, 6) is -0.450. The first-order chi connectivity index (χ1) is 9.04. The lowest BCUT2D eigenvalue weighted by atomic mass is 10.0. The Morgan fingerprint density at radius 2 is 1.95 bits per heavy atom. The third kappa shape index (κ3) is 3.11. The predicted molar refractivity (Wildman–Crippen MR) is 82.3 cm³/mol. The average molecular weight is 363 g/mol. The first-order valence-electron chi connectivity index (χ1n) is 5.61. The standard InChI is InChI=1S/C14H11BrCl2FN/c1-19-7-9-3-2-8(6-12(9)16)10-4-5-11(15)13(17)14(10)18/h2-6,19H,7H2,1H3. The summed E-state index contributed by atoms with van der Waals surface area (Å²) in [6.07, 6.45) is 0. The molecule has 0 radical (unpaired) electrons. The largest absolute Gasteiger partial charge is 0.316 e. The van der Waals surface area contributed by atoms with E-state index in [1.54, 1.807) is 18.2 Å². The van der Waals surface area contributed by atoms with Gasteiger partial charge in [0.25, 0.3) is 0 Å². The Balaban J connectivity index is 2.48. The van der Waals surface area contributed by atoms with E-state index in [-0.39, 0.29) is 5.02 Å². The van der Waals surface area contributed by atoms with Crippen LogP contribution in [0, 0.1) is 5.82 Å². The van der Waals surface area contributed by atoms with Gasteiger partial charge in [-0.3, -0.25) is 0 Å². The molecule has 0 spiro atoms. The van der Waals surface area contributed by atoms with Crippen LogP contribution in [0.2, 0.25) is 10.0 Å². The number of nitrogens with one attached hydrogen (secondary N) is 1. The first kappa shape index (κ1) is 14.8. The highest BCUT2D eigenvalue weighted by Crippen LogP contribution is 2.34. The van der Waals surface area contributed by atoms with Crippen LogP contribution in [0.1, 0.15) is 5.56 Å². The van der Waals surface area contributed by atoms with E-state index in [9.17, 15) is 4.39 Å². The summed E-state index contributed by atoms with van der Waals surface area (Å²) in [5.41, 5.74) is 2.11. The van der Waals surface area contributed by atoms with E-state index in [2.05, 4.69) is 21.2 Å². The highest BCUT2D eigenvalue weighted by atomic mass is 79.9. The molecule has 0 saturated heterocycles. The second-order valence-electron chi connectivity index (χ2n) is 4.06. The van der Waals surface area contributed by atoms with E-state index in [1.807, 2.05) is 19.2 Å². The molecule has 0 aliphatic rings. The molecule has 0 aromatic heterocycles. The summed E-state index contributed by atoms with van der Waals surface area (Å²) < 4.78 is 14.6. The van der Waals surface area contributed by atoms with Gasteiger partial charge in [0.2, 0.25) is 0 Å². The summed E-state index contributed by atoms with van der Waals surface area (Å²) in [4.78, 5) is 0. The van der Waals surface area contributed by atoms with Crippen molar-refractivity contribution in [3.8, 4) is 11.1 Å². The molecule has 5 heteroatoms. The zero-order valence-electron chi connectivity index (χ0n) is 10.1. The Labute approximate surface area is 129 Å². The topological polar surface area (TPSA) is 12.0 Å². The van der Waals surface area contributed by atoms with Gasteiger partial charge in [-0.05, 0) is 46.2 Å². The monoisotopic (exact) mass is 361 g/mol. The van der Waals surface area contributed by atoms with Gasteiger partial charge in [-0.1, -0.05) is 41.4 Å². The van der Waals surface area contributed by atoms with E-state index < -0.39 is 5.82 Å². The van der Waals surface area contributed by atoms with E-state index in [0.29, 0.717) is 27.2 Å². The second-order valence-corrected chi connectivity index (χ2v) is 5.70. The van der Waals surface area contributed by atoms with Crippen LogP contribution in [0.15, 0.2) is 34.8 Å². The fraction of sp³-hybridized carbons (Fsp3) is 0.143. The summed E-state index contributed by atoms with van der Waals surface area (Å²) in [6, 6.07) is 8.85. The molecule has 0 unspecified atom stereocenters. The normalized spacial score (nSPS) is 10.8. The molecule has 0 atom stereocenters. The minimum absolute atomic E-state index is 0.0768. The van der Waals surface area contributed by atoms with E-state index in [0.717, 1.165) is 5.56 Å². The fourth-order valence-corrected chi connectivity index (χ4v) is 2.52. The summed E-state index contributed by atoms with van der Waals surface area (Å²) in [7, 11) is 1.85. The van der Waals surface area contributed by atoms with Crippen molar-refractivity contribution in [2.45, 2.75) is 6.54 Å². The highest BCUT2D eigenvalue weighted by Gasteiger charge is 2.12. The molecule has 2 aromatic carbocycles. The van der Waals surface area contributed by atoms with Gasteiger partial charge < -0.3 is 5.32 Å². The maximum absolute atomic E-state index is 14.1. The molecule has 0 amide bonds. The quantitative estimate of drug-likeness (QED) is 0.732. The number of hydrogen-bond acceptors (Lipinski definition) is 1. The maximum Gasteiger partial charge on any atom is 0.150 e. The van der Waals surface area contributed by atoms with Crippen LogP contribution in [-0.2, 0) is 6.54 Å². The van der Waals surface area contributed by atoms with Crippen LogP contribution in [-0.4, -0.2) is 7.05 Å². The number of halogens is 4. The average Bonchev–Trinajstić information content (AvgIpc) is 2.39. The van der Waals surface area contributed by atoms with Crippen molar-refractivity contribution in [3.05, 3.63) is 56.2 Å². The molecule has 0 aliphatic carbocycles. The summed E-state index contributed by atoms with van der Waals surface area (Å²) >= 11 is 15.3. The zero-order valence-corrected chi connectivity index (χ0v) is 13.2. The van der Waals surface area contributed by atoms with Gasteiger partial charge in [-0.25, -0.2) is 4.39 Å². The lowest BCUT2D eigenvalue weighted by Crippen LogP contribution is -2.05. The molecule has 0 saturated carbocycles. The first-order valence-corrected chi connectivity index (χ1v) is 7.16. The number of benzene rings is 2. The molecule has 0 fully saturated rings. The molecule has 0 bridgehead atoms. The SMILES string of the molecule is CNCc1ccc(-c2ccc(Br)c(Cl)c2F)cc1Cl. The molecule has 0 heterocycles. The second kappa shape index (κ2) is 6.23. The van der Waals surface area contributed by atoms with E-state index >= 15 is 0 Å². The van der Waals surface area contributed by atoms with Crippen molar-refractivity contribution in [1.82, 2.24) is 5.32 Å². The van der Waals surface area contributed by atoms with Crippen molar-refractivity contribution in [2.75, 3.05) is 7.05 Å². The van der Waals surface area contributed by atoms with Gasteiger partial charge in [0.05, 0.1) is 5.02 Å².